The van der Waals surface area contributed by atoms with Crippen molar-refractivity contribution in [1.82, 2.24) is 10.2 Å². The monoisotopic (exact) mass is 270 g/mol. The second-order valence-corrected chi connectivity index (χ2v) is 6.73. The predicted molar refractivity (Wildman–Crippen MR) is 82.6 cm³/mol. The Morgan fingerprint density at radius 2 is 1.95 bits per heavy atom. The Balaban J connectivity index is 2.28. The molecule has 0 radical (unpaired) electrons. The fourth-order valence-corrected chi connectivity index (χ4v) is 2.52. The number of hydrogen-bond acceptors (Lipinski definition) is 3. The second kappa shape index (κ2) is 8.93. The largest absolute Gasteiger partial charge is 0.380 e. The van der Waals surface area contributed by atoms with Crippen molar-refractivity contribution < 1.29 is 4.74 Å². The SMILES string of the molecule is CC(C)CCOCCN1CC(C(C)C)NCCC1C. The molecule has 1 N–H and O–H groups in total. The van der Waals surface area contributed by atoms with Gasteiger partial charge >= 0.3 is 0 Å². The van der Waals surface area contributed by atoms with Gasteiger partial charge in [0.1, 0.15) is 0 Å². The lowest BCUT2D eigenvalue weighted by Crippen LogP contribution is -2.44. The zero-order chi connectivity index (χ0) is 14.3. The van der Waals surface area contributed by atoms with Crippen molar-refractivity contribution in [3.63, 3.8) is 0 Å². The molecule has 2 atom stereocenters. The lowest BCUT2D eigenvalue weighted by atomic mass is 10.0. The summed E-state index contributed by atoms with van der Waals surface area (Å²) in [7, 11) is 0. The Labute approximate surface area is 120 Å². The summed E-state index contributed by atoms with van der Waals surface area (Å²) in [5, 5.41) is 3.68. The van der Waals surface area contributed by atoms with Crippen LogP contribution in [0.1, 0.15) is 47.5 Å². The van der Waals surface area contributed by atoms with Gasteiger partial charge < -0.3 is 10.1 Å². The average molecular weight is 270 g/mol. The van der Waals surface area contributed by atoms with E-state index in [1.807, 2.05) is 0 Å². The molecule has 1 saturated heterocycles. The van der Waals surface area contributed by atoms with Crippen LogP contribution in [0.15, 0.2) is 0 Å². The summed E-state index contributed by atoms with van der Waals surface area (Å²) in [4.78, 5) is 2.60. The standard InChI is InChI=1S/C16H34N2O/c1-13(2)7-10-19-11-9-18-12-16(14(3)4)17-8-6-15(18)5/h13-17H,6-12H2,1-5H3. The van der Waals surface area contributed by atoms with E-state index in [4.69, 9.17) is 4.74 Å². The number of ether oxygens (including phenoxy) is 1. The zero-order valence-corrected chi connectivity index (χ0v) is 13.6. The van der Waals surface area contributed by atoms with E-state index in [9.17, 15) is 0 Å². The van der Waals surface area contributed by atoms with E-state index < -0.39 is 0 Å². The molecule has 0 aromatic carbocycles. The molecule has 0 bridgehead atoms. The Morgan fingerprint density at radius 1 is 1.21 bits per heavy atom. The highest BCUT2D eigenvalue weighted by Crippen LogP contribution is 2.13. The van der Waals surface area contributed by atoms with Gasteiger partial charge in [-0.05, 0) is 38.1 Å². The molecule has 0 spiro atoms. The Morgan fingerprint density at radius 3 is 2.58 bits per heavy atom. The summed E-state index contributed by atoms with van der Waals surface area (Å²) in [5.74, 6) is 1.45. The van der Waals surface area contributed by atoms with E-state index in [2.05, 4.69) is 44.8 Å². The van der Waals surface area contributed by atoms with Crippen molar-refractivity contribution >= 4 is 0 Å². The first-order chi connectivity index (χ1) is 9.00. The van der Waals surface area contributed by atoms with Crippen molar-refractivity contribution in [2.24, 2.45) is 11.8 Å². The maximum absolute atomic E-state index is 5.77. The molecule has 0 saturated carbocycles. The van der Waals surface area contributed by atoms with Crippen LogP contribution in [0.2, 0.25) is 0 Å². The fourth-order valence-electron chi connectivity index (χ4n) is 2.52. The van der Waals surface area contributed by atoms with Gasteiger partial charge in [0.05, 0.1) is 6.61 Å². The number of nitrogens with zero attached hydrogens (tertiary/aromatic N) is 1. The number of rotatable bonds is 7. The molecule has 1 aliphatic rings. The molecule has 2 unspecified atom stereocenters. The highest BCUT2D eigenvalue weighted by atomic mass is 16.5. The van der Waals surface area contributed by atoms with Crippen LogP contribution in [0, 0.1) is 11.8 Å². The first-order valence-corrected chi connectivity index (χ1v) is 8.06. The van der Waals surface area contributed by atoms with Gasteiger partial charge in [-0.1, -0.05) is 27.7 Å². The quantitative estimate of drug-likeness (QED) is 0.720. The van der Waals surface area contributed by atoms with Crippen molar-refractivity contribution in [3.8, 4) is 0 Å². The van der Waals surface area contributed by atoms with E-state index in [-0.39, 0.29) is 0 Å². The number of hydrogen-bond donors (Lipinski definition) is 1. The summed E-state index contributed by atoms with van der Waals surface area (Å²) in [6.07, 6.45) is 2.42. The molecule has 0 aromatic rings. The fraction of sp³-hybridized carbons (Fsp3) is 1.00. The number of nitrogens with one attached hydrogen (secondary N) is 1. The van der Waals surface area contributed by atoms with E-state index in [1.54, 1.807) is 0 Å². The second-order valence-electron chi connectivity index (χ2n) is 6.73. The summed E-state index contributed by atoms with van der Waals surface area (Å²) in [6.45, 7) is 16.6. The van der Waals surface area contributed by atoms with Crippen LogP contribution >= 0.6 is 0 Å². The molecule has 1 rings (SSSR count). The summed E-state index contributed by atoms with van der Waals surface area (Å²) >= 11 is 0. The summed E-state index contributed by atoms with van der Waals surface area (Å²) in [5.41, 5.74) is 0. The Hall–Kier alpha value is -0.120. The third-order valence-corrected chi connectivity index (χ3v) is 4.19. The average Bonchev–Trinajstić information content (AvgIpc) is 2.51. The van der Waals surface area contributed by atoms with E-state index in [1.165, 1.54) is 12.8 Å². The van der Waals surface area contributed by atoms with Crippen LogP contribution in [0.3, 0.4) is 0 Å². The van der Waals surface area contributed by atoms with E-state index in [0.717, 1.165) is 38.8 Å². The zero-order valence-electron chi connectivity index (χ0n) is 13.6. The highest BCUT2D eigenvalue weighted by Gasteiger charge is 2.24. The maximum atomic E-state index is 5.77. The molecule has 19 heavy (non-hydrogen) atoms. The Bertz CT molecular complexity index is 231. The topological polar surface area (TPSA) is 24.5 Å². The molecule has 3 nitrogen and oxygen atoms in total. The summed E-state index contributed by atoms with van der Waals surface area (Å²) < 4.78 is 5.77. The minimum absolute atomic E-state index is 0.626. The van der Waals surface area contributed by atoms with Crippen LogP contribution in [-0.2, 0) is 4.74 Å². The smallest absolute Gasteiger partial charge is 0.0593 e. The highest BCUT2D eigenvalue weighted by molar-refractivity contribution is 4.82. The van der Waals surface area contributed by atoms with Gasteiger partial charge in [0.25, 0.3) is 0 Å². The van der Waals surface area contributed by atoms with Gasteiger partial charge in [0.2, 0.25) is 0 Å². The molecule has 3 heteroatoms. The molecule has 1 aliphatic heterocycles. The molecule has 1 fully saturated rings. The van der Waals surface area contributed by atoms with Gasteiger partial charge in [-0.3, -0.25) is 4.90 Å². The van der Waals surface area contributed by atoms with Crippen molar-refractivity contribution in [2.75, 3.05) is 32.8 Å². The lowest BCUT2D eigenvalue weighted by molar-refractivity contribution is 0.0808. The summed E-state index contributed by atoms with van der Waals surface area (Å²) in [6, 6.07) is 1.30. The van der Waals surface area contributed by atoms with Crippen LogP contribution in [0.4, 0.5) is 0 Å². The van der Waals surface area contributed by atoms with Crippen LogP contribution in [0.5, 0.6) is 0 Å². The van der Waals surface area contributed by atoms with E-state index in [0.29, 0.717) is 18.0 Å². The van der Waals surface area contributed by atoms with Crippen molar-refractivity contribution in [2.45, 2.75) is 59.5 Å². The van der Waals surface area contributed by atoms with Crippen LogP contribution < -0.4 is 5.32 Å². The molecule has 1 heterocycles. The predicted octanol–water partition coefficient (Wildman–Crippen LogP) is 2.76. The maximum Gasteiger partial charge on any atom is 0.0593 e. The minimum atomic E-state index is 0.626. The van der Waals surface area contributed by atoms with Gasteiger partial charge in [0.15, 0.2) is 0 Å². The molecule has 114 valence electrons. The van der Waals surface area contributed by atoms with Crippen LogP contribution in [-0.4, -0.2) is 49.8 Å². The van der Waals surface area contributed by atoms with Gasteiger partial charge in [-0.15, -0.1) is 0 Å². The third-order valence-electron chi connectivity index (χ3n) is 4.19. The van der Waals surface area contributed by atoms with Gasteiger partial charge in [0, 0.05) is 31.8 Å². The first-order valence-electron chi connectivity index (χ1n) is 8.06. The molecular formula is C16H34N2O. The van der Waals surface area contributed by atoms with Crippen molar-refractivity contribution in [1.29, 1.82) is 0 Å². The molecular weight excluding hydrogens is 236 g/mol. The van der Waals surface area contributed by atoms with Crippen molar-refractivity contribution in [3.05, 3.63) is 0 Å². The Kier molecular flexibility index (Phi) is 7.96. The van der Waals surface area contributed by atoms with E-state index >= 15 is 0 Å². The normalized spacial score (nSPS) is 26.1. The molecule has 0 amide bonds. The lowest BCUT2D eigenvalue weighted by Gasteiger charge is -2.30. The molecule has 0 aliphatic carbocycles. The first kappa shape index (κ1) is 16.9. The van der Waals surface area contributed by atoms with Gasteiger partial charge in [-0.2, -0.15) is 0 Å². The third kappa shape index (κ3) is 6.73. The minimum Gasteiger partial charge on any atom is -0.380 e. The van der Waals surface area contributed by atoms with Gasteiger partial charge in [-0.25, -0.2) is 0 Å². The van der Waals surface area contributed by atoms with Crippen LogP contribution in [0.25, 0.3) is 0 Å². The molecule has 0 aromatic heterocycles.